The highest BCUT2D eigenvalue weighted by molar-refractivity contribution is 9.10. The molecule has 2 rings (SSSR count). The lowest BCUT2D eigenvalue weighted by atomic mass is 10.0. The van der Waals surface area contributed by atoms with E-state index in [-0.39, 0.29) is 0 Å². The standard InChI is InChI=1S/C13H16BrFN2O2/c1-19-13(18)12(17-6-4-16-5-7-17)10-8-9(14)2-3-11(10)15/h2-3,8,12,16H,4-7H2,1H3. The zero-order chi connectivity index (χ0) is 13.8. The molecule has 1 atom stereocenters. The van der Waals surface area contributed by atoms with E-state index >= 15 is 0 Å². The molecular formula is C13H16BrFN2O2. The van der Waals surface area contributed by atoms with Crippen molar-refractivity contribution in [2.75, 3.05) is 33.3 Å². The predicted octanol–water partition coefficient (Wildman–Crippen LogP) is 1.71. The van der Waals surface area contributed by atoms with Gasteiger partial charge in [0.1, 0.15) is 11.9 Å². The molecule has 0 saturated carbocycles. The second-order valence-corrected chi connectivity index (χ2v) is 5.29. The van der Waals surface area contributed by atoms with Crippen molar-refractivity contribution in [3.8, 4) is 0 Å². The van der Waals surface area contributed by atoms with Crippen LogP contribution in [0.5, 0.6) is 0 Å². The molecule has 0 radical (unpaired) electrons. The van der Waals surface area contributed by atoms with Gasteiger partial charge in [0.15, 0.2) is 0 Å². The maximum atomic E-state index is 14.0. The van der Waals surface area contributed by atoms with Crippen molar-refractivity contribution >= 4 is 21.9 Å². The van der Waals surface area contributed by atoms with Gasteiger partial charge in [-0.05, 0) is 18.2 Å². The van der Waals surface area contributed by atoms with E-state index in [4.69, 9.17) is 4.74 Å². The maximum Gasteiger partial charge on any atom is 0.327 e. The molecule has 1 aromatic carbocycles. The van der Waals surface area contributed by atoms with Crippen molar-refractivity contribution in [1.82, 2.24) is 10.2 Å². The number of esters is 1. The quantitative estimate of drug-likeness (QED) is 0.857. The van der Waals surface area contributed by atoms with Gasteiger partial charge in [-0.25, -0.2) is 9.18 Å². The fourth-order valence-corrected chi connectivity index (χ4v) is 2.63. The van der Waals surface area contributed by atoms with Crippen LogP contribution >= 0.6 is 15.9 Å². The first-order chi connectivity index (χ1) is 9.13. The van der Waals surface area contributed by atoms with Crippen molar-refractivity contribution in [1.29, 1.82) is 0 Å². The second kappa shape index (κ2) is 6.45. The minimum absolute atomic E-state index is 0.350. The Bertz CT molecular complexity index is 464. The van der Waals surface area contributed by atoms with Gasteiger partial charge < -0.3 is 10.1 Å². The molecule has 0 spiro atoms. The first-order valence-electron chi connectivity index (χ1n) is 6.11. The minimum Gasteiger partial charge on any atom is -0.468 e. The molecule has 0 aliphatic carbocycles. The number of hydrogen-bond donors (Lipinski definition) is 1. The van der Waals surface area contributed by atoms with Crippen LogP contribution in [0.15, 0.2) is 22.7 Å². The lowest BCUT2D eigenvalue weighted by Gasteiger charge is -2.33. The first kappa shape index (κ1) is 14.4. The Morgan fingerprint density at radius 2 is 2.16 bits per heavy atom. The number of halogens is 2. The number of rotatable bonds is 3. The lowest BCUT2D eigenvalue weighted by molar-refractivity contribution is -0.147. The van der Waals surface area contributed by atoms with E-state index < -0.39 is 17.8 Å². The van der Waals surface area contributed by atoms with E-state index in [0.717, 1.165) is 17.6 Å². The Kier molecular flexibility index (Phi) is 4.90. The van der Waals surface area contributed by atoms with E-state index in [9.17, 15) is 9.18 Å². The van der Waals surface area contributed by atoms with Crippen LogP contribution in [0.4, 0.5) is 4.39 Å². The molecule has 6 heteroatoms. The Morgan fingerprint density at radius 3 is 2.79 bits per heavy atom. The molecule has 1 aliphatic heterocycles. The van der Waals surface area contributed by atoms with Gasteiger partial charge in [-0.1, -0.05) is 15.9 Å². The smallest absolute Gasteiger partial charge is 0.327 e. The number of nitrogens with zero attached hydrogens (tertiary/aromatic N) is 1. The molecule has 1 saturated heterocycles. The molecule has 1 heterocycles. The van der Waals surface area contributed by atoms with Crippen LogP contribution in [0.2, 0.25) is 0 Å². The van der Waals surface area contributed by atoms with Crippen LogP contribution in [0.3, 0.4) is 0 Å². The molecule has 1 unspecified atom stereocenters. The van der Waals surface area contributed by atoms with Crippen LogP contribution in [0.1, 0.15) is 11.6 Å². The summed E-state index contributed by atoms with van der Waals surface area (Å²) in [5, 5.41) is 3.21. The Labute approximate surface area is 120 Å². The molecule has 1 fully saturated rings. The third-order valence-corrected chi connectivity index (χ3v) is 3.69. The highest BCUT2D eigenvalue weighted by Crippen LogP contribution is 2.27. The highest BCUT2D eigenvalue weighted by Gasteiger charge is 2.31. The van der Waals surface area contributed by atoms with Crippen molar-refractivity contribution in [3.05, 3.63) is 34.1 Å². The number of methoxy groups -OCH3 is 1. The summed E-state index contributed by atoms with van der Waals surface area (Å²) in [6.45, 7) is 2.93. The van der Waals surface area contributed by atoms with Crippen LogP contribution in [0.25, 0.3) is 0 Å². The zero-order valence-electron chi connectivity index (χ0n) is 10.7. The average molecular weight is 331 g/mol. The number of benzene rings is 1. The van der Waals surface area contributed by atoms with Crippen LogP contribution in [-0.2, 0) is 9.53 Å². The fourth-order valence-electron chi connectivity index (χ4n) is 2.25. The molecule has 1 aliphatic rings. The SMILES string of the molecule is COC(=O)C(c1cc(Br)ccc1F)N1CCNCC1. The monoisotopic (exact) mass is 330 g/mol. The summed E-state index contributed by atoms with van der Waals surface area (Å²) in [5.41, 5.74) is 0.350. The summed E-state index contributed by atoms with van der Waals surface area (Å²) in [5.74, 6) is -0.823. The molecule has 19 heavy (non-hydrogen) atoms. The number of ether oxygens (including phenoxy) is 1. The third-order valence-electron chi connectivity index (χ3n) is 3.19. The Morgan fingerprint density at radius 1 is 1.47 bits per heavy atom. The van der Waals surface area contributed by atoms with E-state index in [2.05, 4.69) is 21.2 Å². The number of carbonyl (C=O) groups excluding carboxylic acids is 1. The zero-order valence-corrected chi connectivity index (χ0v) is 12.2. The second-order valence-electron chi connectivity index (χ2n) is 4.38. The number of nitrogens with one attached hydrogen (secondary N) is 1. The molecular weight excluding hydrogens is 315 g/mol. The average Bonchev–Trinajstić information content (AvgIpc) is 2.44. The Balaban J connectivity index is 2.36. The highest BCUT2D eigenvalue weighted by atomic mass is 79.9. The Hall–Kier alpha value is -0.980. The van der Waals surface area contributed by atoms with Gasteiger partial charge in [0.2, 0.25) is 0 Å². The van der Waals surface area contributed by atoms with Gasteiger partial charge in [0, 0.05) is 36.2 Å². The fraction of sp³-hybridized carbons (Fsp3) is 0.462. The lowest BCUT2D eigenvalue weighted by Crippen LogP contribution is -2.47. The van der Waals surface area contributed by atoms with Crippen molar-refractivity contribution < 1.29 is 13.9 Å². The van der Waals surface area contributed by atoms with Gasteiger partial charge in [-0.2, -0.15) is 0 Å². The van der Waals surface area contributed by atoms with Crippen LogP contribution in [-0.4, -0.2) is 44.2 Å². The first-order valence-corrected chi connectivity index (χ1v) is 6.90. The molecule has 104 valence electrons. The van der Waals surface area contributed by atoms with Crippen molar-refractivity contribution in [2.24, 2.45) is 0 Å². The summed E-state index contributed by atoms with van der Waals surface area (Å²) in [6, 6.07) is 3.92. The molecule has 1 N–H and O–H groups in total. The van der Waals surface area contributed by atoms with Crippen LogP contribution < -0.4 is 5.32 Å². The van der Waals surface area contributed by atoms with Gasteiger partial charge >= 0.3 is 5.97 Å². The van der Waals surface area contributed by atoms with E-state index in [1.165, 1.54) is 13.2 Å². The minimum atomic E-state index is -0.690. The molecule has 0 aromatic heterocycles. The molecule has 0 bridgehead atoms. The van der Waals surface area contributed by atoms with Gasteiger partial charge in [0.05, 0.1) is 7.11 Å². The van der Waals surface area contributed by atoms with Crippen molar-refractivity contribution in [3.63, 3.8) is 0 Å². The normalized spacial score (nSPS) is 18.1. The summed E-state index contributed by atoms with van der Waals surface area (Å²) >= 11 is 3.31. The van der Waals surface area contributed by atoms with E-state index in [1.807, 2.05) is 4.90 Å². The summed E-state index contributed by atoms with van der Waals surface area (Å²) in [4.78, 5) is 13.9. The summed E-state index contributed by atoms with van der Waals surface area (Å²) < 4.78 is 19.6. The van der Waals surface area contributed by atoms with Gasteiger partial charge in [-0.15, -0.1) is 0 Å². The molecule has 1 aromatic rings. The number of hydrogen-bond acceptors (Lipinski definition) is 4. The number of carbonyl (C=O) groups is 1. The van der Waals surface area contributed by atoms with Gasteiger partial charge in [-0.3, -0.25) is 4.90 Å². The third kappa shape index (κ3) is 3.32. The van der Waals surface area contributed by atoms with E-state index in [1.54, 1.807) is 12.1 Å². The topological polar surface area (TPSA) is 41.6 Å². The maximum absolute atomic E-state index is 14.0. The van der Waals surface area contributed by atoms with E-state index in [0.29, 0.717) is 18.7 Å². The molecule has 4 nitrogen and oxygen atoms in total. The van der Waals surface area contributed by atoms with Crippen LogP contribution in [0, 0.1) is 5.82 Å². The summed E-state index contributed by atoms with van der Waals surface area (Å²) in [7, 11) is 1.33. The molecule has 0 amide bonds. The van der Waals surface area contributed by atoms with Gasteiger partial charge in [0.25, 0.3) is 0 Å². The van der Waals surface area contributed by atoms with Crippen molar-refractivity contribution in [2.45, 2.75) is 6.04 Å². The predicted molar refractivity (Wildman–Crippen MR) is 73.3 cm³/mol. The largest absolute Gasteiger partial charge is 0.468 e. The summed E-state index contributed by atoms with van der Waals surface area (Å²) in [6.07, 6.45) is 0. The number of piperazine rings is 1.